The smallest absolute Gasteiger partial charge is 0.337 e. The molecule has 1 atom stereocenters. The average molecular weight is 274 g/mol. The summed E-state index contributed by atoms with van der Waals surface area (Å²) in [5.41, 5.74) is 0.892. The molecule has 0 radical (unpaired) electrons. The molecule has 1 aromatic carbocycles. The number of carbonyl (C=O) groups excluding carboxylic acids is 2. The van der Waals surface area contributed by atoms with E-state index < -0.39 is 12.0 Å². The van der Waals surface area contributed by atoms with E-state index in [4.69, 9.17) is 0 Å². The Kier molecular flexibility index (Phi) is 4.09. The summed E-state index contributed by atoms with van der Waals surface area (Å²) in [6.45, 7) is 1.70. The molecule has 0 spiro atoms. The van der Waals surface area contributed by atoms with Crippen LogP contribution in [-0.2, 0) is 9.53 Å². The number of methoxy groups -OCH3 is 1. The monoisotopic (exact) mass is 274 g/mol. The van der Waals surface area contributed by atoms with E-state index in [9.17, 15) is 9.59 Å². The summed E-state index contributed by atoms with van der Waals surface area (Å²) >= 11 is 0. The Morgan fingerprint density at radius 3 is 2.85 bits per heavy atom. The molecular weight excluding hydrogens is 260 g/mol. The van der Waals surface area contributed by atoms with Crippen molar-refractivity contribution in [3.8, 4) is 0 Å². The molecule has 0 aliphatic carbocycles. The molecule has 1 N–H and O–H groups in total. The van der Waals surface area contributed by atoms with Gasteiger partial charge in [-0.05, 0) is 25.1 Å². The number of benzene rings is 1. The molecule has 104 valence electrons. The van der Waals surface area contributed by atoms with Gasteiger partial charge in [0.15, 0.2) is 0 Å². The number of aromatic nitrogens is 3. The average Bonchev–Trinajstić information content (AvgIpc) is 3.00. The van der Waals surface area contributed by atoms with Gasteiger partial charge in [-0.25, -0.2) is 14.5 Å². The third kappa shape index (κ3) is 3.00. The summed E-state index contributed by atoms with van der Waals surface area (Å²) in [4.78, 5) is 27.3. The molecule has 7 nitrogen and oxygen atoms in total. The molecule has 2 aromatic rings. The van der Waals surface area contributed by atoms with E-state index in [1.54, 1.807) is 31.2 Å². The maximum absolute atomic E-state index is 12.0. The fourth-order valence-electron chi connectivity index (χ4n) is 1.63. The van der Waals surface area contributed by atoms with Crippen LogP contribution in [-0.4, -0.2) is 33.8 Å². The number of carbonyl (C=O) groups is 2. The maximum atomic E-state index is 12.0. The van der Waals surface area contributed by atoms with Crippen LogP contribution in [0.2, 0.25) is 0 Å². The van der Waals surface area contributed by atoms with E-state index in [-0.39, 0.29) is 5.91 Å². The van der Waals surface area contributed by atoms with Gasteiger partial charge in [-0.3, -0.25) is 4.79 Å². The van der Waals surface area contributed by atoms with E-state index in [2.05, 4.69) is 20.1 Å². The lowest BCUT2D eigenvalue weighted by molar-refractivity contribution is -0.119. The van der Waals surface area contributed by atoms with Gasteiger partial charge in [0.2, 0.25) is 5.91 Å². The fraction of sp³-hybridized carbons (Fsp3) is 0.231. The van der Waals surface area contributed by atoms with Crippen molar-refractivity contribution in [3.05, 3.63) is 42.5 Å². The molecule has 0 saturated heterocycles. The second-order valence-corrected chi connectivity index (χ2v) is 4.11. The molecule has 1 unspecified atom stereocenters. The Balaban J connectivity index is 2.10. The summed E-state index contributed by atoms with van der Waals surface area (Å²) in [6, 6.07) is 6.03. The number of rotatable bonds is 4. The molecule has 7 heteroatoms. The van der Waals surface area contributed by atoms with Gasteiger partial charge >= 0.3 is 5.97 Å². The molecule has 1 heterocycles. The van der Waals surface area contributed by atoms with E-state index in [1.165, 1.54) is 24.4 Å². The normalized spacial score (nSPS) is 11.7. The number of esters is 1. The van der Waals surface area contributed by atoms with Crippen LogP contribution in [0.3, 0.4) is 0 Å². The molecule has 2 rings (SSSR count). The van der Waals surface area contributed by atoms with Gasteiger partial charge in [-0.2, -0.15) is 5.10 Å². The minimum absolute atomic E-state index is 0.252. The zero-order valence-corrected chi connectivity index (χ0v) is 11.1. The number of ether oxygens (including phenoxy) is 1. The summed E-state index contributed by atoms with van der Waals surface area (Å²) in [6.07, 6.45) is 2.83. The zero-order chi connectivity index (χ0) is 14.5. The molecule has 0 bridgehead atoms. The highest BCUT2D eigenvalue weighted by Crippen LogP contribution is 2.14. The van der Waals surface area contributed by atoms with E-state index in [0.717, 1.165) is 0 Å². The summed E-state index contributed by atoms with van der Waals surface area (Å²) in [5, 5.41) is 6.62. The third-order valence-corrected chi connectivity index (χ3v) is 2.76. The molecule has 20 heavy (non-hydrogen) atoms. The molecule has 0 saturated carbocycles. The van der Waals surface area contributed by atoms with Crippen molar-refractivity contribution in [2.45, 2.75) is 13.0 Å². The largest absolute Gasteiger partial charge is 0.465 e. The third-order valence-electron chi connectivity index (χ3n) is 2.76. The Labute approximate surface area is 115 Å². The molecule has 1 amide bonds. The van der Waals surface area contributed by atoms with Crippen LogP contribution in [0, 0.1) is 0 Å². The SMILES string of the molecule is COC(=O)c1cccc(NC(=O)C(C)n2cncn2)c1. The number of nitrogens with zero attached hydrogens (tertiary/aromatic N) is 3. The summed E-state index contributed by atoms with van der Waals surface area (Å²) in [5.74, 6) is -0.706. The quantitative estimate of drug-likeness (QED) is 0.848. The van der Waals surface area contributed by atoms with Crippen LogP contribution in [0.1, 0.15) is 23.3 Å². The molecule has 0 fully saturated rings. The maximum Gasteiger partial charge on any atom is 0.337 e. The Morgan fingerprint density at radius 2 is 2.20 bits per heavy atom. The predicted molar refractivity (Wildman–Crippen MR) is 71.1 cm³/mol. The highest BCUT2D eigenvalue weighted by molar-refractivity contribution is 5.95. The fourth-order valence-corrected chi connectivity index (χ4v) is 1.63. The Hall–Kier alpha value is -2.70. The van der Waals surface area contributed by atoms with Crippen molar-refractivity contribution in [1.29, 1.82) is 0 Å². The van der Waals surface area contributed by atoms with E-state index >= 15 is 0 Å². The van der Waals surface area contributed by atoms with Crippen molar-refractivity contribution in [1.82, 2.24) is 14.8 Å². The Morgan fingerprint density at radius 1 is 1.40 bits per heavy atom. The number of hydrogen-bond acceptors (Lipinski definition) is 5. The van der Waals surface area contributed by atoms with Gasteiger partial charge in [0, 0.05) is 5.69 Å². The first-order valence-corrected chi connectivity index (χ1v) is 5.95. The first-order valence-electron chi connectivity index (χ1n) is 5.95. The number of hydrogen-bond donors (Lipinski definition) is 1. The van der Waals surface area contributed by atoms with Gasteiger partial charge in [0.05, 0.1) is 12.7 Å². The zero-order valence-electron chi connectivity index (χ0n) is 11.1. The summed E-state index contributed by atoms with van der Waals surface area (Å²) in [7, 11) is 1.31. The van der Waals surface area contributed by atoms with Crippen LogP contribution in [0.4, 0.5) is 5.69 Å². The van der Waals surface area contributed by atoms with E-state index in [0.29, 0.717) is 11.3 Å². The second kappa shape index (κ2) is 5.96. The number of anilines is 1. The topological polar surface area (TPSA) is 86.1 Å². The van der Waals surface area contributed by atoms with Gasteiger partial charge in [0.25, 0.3) is 0 Å². The van der Waals surface area contributed by atoms with Crippen molar-refractivity contribution in [3.63, 3.8) is 0 Å². The lowest BCUT2D eigenvalue weighted by Crippen LogP contribution is -2.24. The molecule has 0 aliphatic heterocycles. The predicted octanol–water partition coefficient (Wildman–Crippen LogP) is 1.26. The van der Waals surface area contributed by atoms with Gasteiger partial charge in [0.1, 0.15) is 18.7 Å². The first-order chi connectivity index (χ1) is 9.61. The van der Waals surface area contributed by atoms with Gasteiger partial charge in [-0.15, -0.1) is 0 Å². The number of nitrogens with one attached hydrogen (secondary N) is 1. The second-order valence-electron chi connectivity index (χ2n) is 4.11. The van der Waals surface area contributed by atoms with Crippen molar-refractivity contribution >= 4 is 17.6 Å². The van der Waals surface area contributed by atoms with Crippen LogP contribution < -0.4 is 5.32 Å². The lowest BCUT2D eigenvalue weighted by Gasteiger charge is -2.12. The standard InChI is InChI=1S/C13H14N4O3/c1-9(17-8-14-7-15-17)12(18)16-11-5-3-4-10(6-11)13(19)20-2/h3-9H,1-2H3,(H,16,18). The molecule has 0 aliphatic rings. The van der Waals surface area contributed by atoms with Crippen molar-refractivity contribution in [2.24, 2.45) is 0 Å². The Bertz CT molecular complexity index is 610. The van der Waals surface area contributed by atoms with Gasteiger partial charge < -0.3 is 10.1 Å². The number of amides is 1. The van der Waals surface area contributed by atoms with Crippen LogP contribution in [0.15, 0.2) is 36.9 Å². The van der Waals surface area contributed by atoms with Crippen molar-refractivity contribution in [2.75, 3.05) is 12.4 Å². The summed E-state index contributed by atoms with van der Waals surface area (Å²) < 4.78 is 6.07. The van der Waals surface area contributed by atoms with Crippen LogP contribution >= 0.6 is 0 Å². The highest BCUT2D eigenvalue weighted by atomic mass is 16.5. The van der Waals surface area contributed by atoms with Crippen LogP contribution in [0.25, 0.3) is 0 Å². The minimum atomic E-state index is -0.501. The molecule has 1 aromatic heterocycles. The lowest BCUT2D eigenvalue weighted by atomic mass is 10.2. The van der Waals surface area contributed by atoms with Crippen LogP contribution in [0.5, 0.6) is 0 Å². The minimum Gasteiger partial charge on any atom is -0.465 e. The van der Waals surface area contributed by atoms with Crippen molar-refractivity contribution < 1.29 is 14.3 Å². The van der Waals surface area contributed by atoms with E-state index in [1.807, 2.05) is 0 Å². The van der Waals surface area contributed by atoms with Gasteiger partial charge in [-0.1, -0.05) is 6.07 Å². The first kappa shape index (κ1) is 13.7. The highest BCUT2D eigenvalue weighted by Gasteiger charge is 2.16. The molecular formula is C13H14N4O3.